The number of nitrogens with zero attached hydrogens (tertiary/aromatic N) is 2. The Kier molecular flexibility index (Phi) is 3.47. The molecule has 2 heterocycles. The summed E-state index contributed by atoms with van der Waals surface area (Å²) in [4.78, 5) is 14.0. The molecule has 1 saturated heterocycles. The standard InChI is InChI=1S/C12H15N3O5S/c13-21(17,18)15-5-3-14(4-6-15)12(16)9-1-2-10-11(7-9)20-8-19-10/h1-2,7H,3-6,8H2,(H2,13,17,18). The molecule has 0 radical (unpaired) electrons. The largest absolute Gasteiger partial charge is 0.454 e. The van der Waals surface area contributed by atoms with Crippen LogP contribution >= 0.6 is 0 Å². The number of hydrogen-bond donors (Lipinski definition) is 1. The van der Waals surface area contributed by atoms with Crippen LogP contribution in [0.4, 0.5) is 0 Å². The average molecular weight is 313 g/mol. The third-order valence-electron chi connectivity index (χ3n) is 3.51. The molecule has 21 heavy (non-hydrogen) atoms. The molecule has 2 aliphatic heterocycles. The van der Waals surface area contributed by atoms with E-state index in [1.165, 1.54) is 0 Å². The van der Waals surface area contributed by atoms with Crippen LogP contribution in [0.15, 0.2) is 18.2 Å². The summed E-state index contributed by atoms with van der Waals surface area (Å²) in [5.41, 5.74) is 0.489. The first-order chi connectivity index (χ1) is 9.95. The molecule has 9 heteroatoms. The lowest BCUT2D eigenvalue weighted by molar-refractivity contribution is 0.0697. The quantitative estimate of drug-likeness (QED) is 0.783. The van der Waals surface area contributed by atoms with E-state index in [0.29, 0.717) is 30.2 Å². The molecule has 8 nitrogen and oxygen atoms in total. The Labute approximate surface area is 122 Å². The molecule has 114 valence electrons. The van der Waals surface area contributed by atoms with Gasteiger partial charge in [-0.2, -0.15) is 12.7 Å². The zero-order valence-corrected chi connectivity index (χ0v) is 12.0. The fourth-order valence-corrected chi connectivity index (χ4v) is 3.03. The number of carbonyl (C=O) groups is 1. The normalized spacial score (nSPS) is 18.8. The summed E-state index contributed by atoms with van der Waals surface area (Å²) in [5, 5.41) is 5.07. The van der Waals surface area contributed by atoms with Crippen LogP contribution in [-0.2, 0) is 10.2 Å². The van der Waals surface area contributed by atoms with Gasteiger partial charge in [0.1, 0.15) is 0 Å². The average Bonchev–Trinajstić information content (AvgIpc) is 2.93. The number of benzene rings is 1. The molecule has 0 aliphatic carbocycles. The Morgan fingerprint density at radius 2 is 1.76 bits per heavy atom. The number of carbonyl (C=O) groups excluding carboxylic acids is 1. The van der Waals surface area contributed by atoms with Gasteiger partial charge in [-0.05, 0) is 18.2 Å². The molecule has 2 N–H and O–H groups in total. The van der Waals surface area contributed by atoms with Crippen molar-refractivity contribution < 1.29 is 22.7 Å². The van der Waals surface area contributed by atoms with Gasteiger partial charge in [0.25, 0.3) is 16.1 Å². The van der Waals surface area contributed by atoms with E-state index in [0.717, 1.165) is 4.31 Å². The molecule has 3 rings (SSSR count). The Morgan fingerprint density at radius 1 is 1.10 bits per heavy atom. The lowest BCUT2D eigenvalue weighted by atomic mass is 10.1. The first kappa shape index (κ1) is 14.1. The first-order valence-electron chi connectivity index (χ1n) is 6.42. The summed E-state index contributed by atoms with van der Waals surface area (Å²) in [5.74, 6) is 0.997. The van der Waals surface area contributed by atoms with E-state index in [2.05, 4.69) is 0 Å². The van der Waals surface area contributed by atoms with E-state index in [1.54, 1.807) is 23.1 Å². The Morgan fingerprint density at radius 3 is 2.43 bits per heavy atom. The second kappa shape index (κ2) is 5.17. The van der Waals surface area contributed by atoms with Gasteiger partial charge in [-0.1, -0.05) is 0 Å². The molecule has 0 aromatic heterocycles. The van der Waals surface area contributed by atoms with Crippen LogP contribution in [0, 0.1) is 0 Å². The molecule has 0 spiro atoms. The number of nitrogens with two attached hydrogens (primary N) is 1. The van der Waals surface area contributed by atoms with Crippen molar-refractivity contribution in [3.63, 3.8) is 0 Å². The molecule has 1 fully saturated rings. The van der Waals surface area contributed by atoms with Crippen molar-refractivity contribution in [2.45, 2.75) is 0 Å². The summed E-state index contributed by atoms with van der Waals surface area (Å²) in [6.07, 6.45) is 0. The maximum Gasteiger partial charge on any atom is 0.277 e. The highest BCUT2D eigenvalue weighted by Gasteiger charge is 2.27. The summed E-state index contributed by atoms with van der Waals surface area (Å²) >= 11 is 0. The van der Waals surface area contributed by atoms with Crippen molar-refractivity contribution in [1.82, 2.24) is 9.21 Å². The predicted molar refractivity (Wildman–Crippen MR) is 73.1 cm³/mol. The minimum Gasteiger partial charge on any atom is -0.454 e. The highest BCUT2D eigenvalue weighted by molar-refractivity contribution is 7.86. The van der Waals surface area contributed by atoms with Crippen LogP contribution in [-0.4, -0.2) is 56.5 Å². The van der Waals surface area contributed by atoms with Gasteiger partial charge in [0.15, 0.2) is 11.5 Å². The van der Waals surface area contributed by atoms with E-state index < -0.39 is 10.2 Å². The SMILES string of the molecule is NS(=O)(=O)N1CCN(C(=O)c2ccc3c(c2)OCO3)CC1. The molecular weight excluding hydrogens is 298 g/mol. The van der Waals surface area contributed by atoms with Gasteiger partial charge in [-0.15, -0.1) is 0 Å². The number of ether oxygens (including phenoxy) is 2. The van der Waals surface area contributed by atoms with Crippen LogP contribution in [0.3, 0.4) is 0 Å². The maximum absolute atomic E-state index is 12.4. The number of rotatable bonds is 2. The predicted octanol–water partition coefficient (Wildman–Crippen LogP) is -0.623. The van der Waals surface area contributed by atoms with Gasteiger partial charge >= 0.3 is 0 Å². The summed E-state index contributed by atoms with van der Waals surface area (Å²) < 4.78 is 34.1. The van der Waals surface area contributed by atoms with E-state index >= 15 is 0 Å². The van der Waals surface area contributed by atoms with E-state index in [1.807, 2.05) is 0 Å². The van der Waals surface area contributed by atoms with Crippen molar-refractivity contribution >= 4 is 16.1 Å². The molecule has 0 atom stereocenters. The van der Waals surface area contributed by atoms with Gasteiger partial charge in [0.05, 0.1) is 0 Å². The third kappa shape index (κ3) is 2.80. The molecule has 0 unspecified atom stereocenters. The summed E-state index contributed by atoms with van der Waals surface area (Å²) in [7, 11) is -3.69. The van der Waals surface area contributed by atoms with Gasteiger partial charge in [-0.25, -0.2) is 5.14 Å². The zero-order valence-electron chi connectivity index (χ0n) is 11.2. The lowest BCUT2D eigenvalue weighted by Crippen LogP contribution is -2.52. The first-order valence-corrected chi connectivity index (χ1v) is 7.92. The van der Waals surface area contributed by atoms with Crippen molar-refractivity contribution in [1.29, 1.82) is 0 Å². The molecule has 0 saturated carbocycles. The minimum atomic E-state index is -3.69. The number of hydrogen-bond acceptors (Lipinski definition) is 5. The van der Waals surface area contributed by atoms with Crippen LogP contribution in [0.25, 0.3) is 0 Å². The second-order valence-corrected chi connectivity index (χ2v) is 6.35. The maximum atomic E-state index is 12.4. The van der Waals surface area contributed by atoms with Gasteiger partial charge in [-0.3, -0.25) is 4.79 Å². The summed E-state index contributed by atoms with van der Waals surface area (Å²) in [6, 6.07) is 4.99. The number of fused-ring (bicyclic) bond motifs is 1. The van der Waals surface area contributed by atoms with E-state index in [4.69, 9.17) is 14.6 Å². The molecule has 1 aromatic carbocycles. The van der Waals surface area contributed by atoms with Gasteiger partial charge in [0.2, 0.25) is 6.79 Å². The zero-order chi connectivity index (χ0) is 15.0. The molecular formula is C12H15N3O5S. The molecule has 0 bridgehead atoms. The van der Waals surface area contributed by atoms with Crippen molar-refractivity contribution in [3.8, 4) is 11.5 Å². The monoisotopic (exact) mass is 313 g/mol. The topological polar surface area (TPSA) is 102 Å². The van der Waals surface area contributed by atoms with Crippen LogP contribution in [0.2, 0.25) is 0 Å². The fourth-order valence-electron chi connectivity index (χ4n) is 2.36. The van der Waals surface area contributed by atoms with Crippen molar-refractivity contribution in [2.75, 3.05) is 33.0 Å². The molecule has 2 aliphatic rings. The van der Waals surface area contributed by atoms with Gasteiger partial charge < -0.3 is 14.4 Å². The Hall–Kier alpha value is -1.84. The molecule has 1 aromatic rings. The number of piperazine rings is 1. The third-order valence-corrected chi connectivity index (χ3v) is 4.59. The van der Waals surface area contributed by atoms with E-state index in [9.17, 15) is 13.2 Å². The van der Waals surface area contributed by atoms with Crippen LogP contribution in [0.5, 0.6) is 11.5 Å². The highest BCUT2D eigenvalue weighted by atomic mass is 32.2. The Bertz CT molecular complexity index is 667. The minimum absolute atomic E-state index is 0.153. The van der Waals surface area contributed by atoms with Crippen molar-refractivity contribution in [2.24, 2.45) is 5.14 Å². The molecule has 1 amide bonds. The fraction of sp³-hybridized carbons (Fsp3) is 0.417. The number of amides is 1. The van der Waals surface area contributed by atoms with Crippen molar-refractivity contribution in [3.05, 3.63) is 23.8 Å². The van der Waals surface area contributed by atoms with Crippen LogP contribution in [0.1, 0.15) is 10.4 Å². The highest BCUT2D eigenvalue weighted by Crippen LogP contribution is 2.32. The smallest absolute Gasteiger partial charge is 0.277 e. The van der Waals surface area contributed by atoms with E-state index in [-0.39, 0.29) is 25.8 Å². The Balaban J connectivity index is 1.70. The van der Waals surface area contributed by atoms with Gasteiger partial charge in [0, 0.05) is 31.7 Å². The lowest BCUT2D eigenvalue weighted by Gasteiger charge is -2.33. The van der Waals surface area contributed by atoms with Crippen LogP contribution < -0.4 is 14.6 Å². The summed E-state index contributed by atoms with van der Waals surface area (Å²) in [6.45, 7) is 1.18. The second-order valence-electron chi connectivity index (χ2n) is 4.80.